The van der Waals surface area contributed by atoms with Crippen LogP contribution in [-0.2, 0) is 11.2 Å². The van der Waals surface area contributed by atoms with E-state index in [9.17, 15) is 4.79 Å². The number of piperidine rings is 1. The SMILES string of the molecule is CN(CCCc1ccccc1)C(=O)C1CCCNC1. The fourth-order valence-corrected chi connectivity index (χ4v) is 2.65. The highest BCUT2D eigenvalue weighted by atomic mass is 16.2. The summed E-state index contributed by atoms with van der Waals surface area (Å²) in [7, 11) is 1.93. The summed E-state index contributed by atoms with van der Waals surface area (Å²) in [6, 6.07) is 10.5. The molecule has 1 heterocycles. The first-order valence-corrected chi connectivity index (χ1v) is 7.27. The molecule has 1 amide bonds. The molecule has 1 aliphatic rings. The number of carbonyl (C=O) groups is 1. The molecule has 104 valence electrons. The summed E-state index contributed by atoms with van der Waals surface area (Å²) in [6.07, 6.45) is 4.23. The Kier molecular flexibility index (Phi) is 5.40. The average molecular weight is 260 g/mol. The fraction of sp³-hybridized carbons (Fsp3) is 0.562. The fourth-order valence-electron chi connectivity index (χ4n) is 2.65. The Labute approximate surface area is 116 Å². The van der Waals surface area contributed by atoms with Gasteiger partial charge in [0.25, 0.3) is 0 Å². The van der Waals surface area contributed by atoms with Crippen LogP contribution in [0.1, 0.15) is 24.8 Å². The van der Waals surface area contributed by atoms with Gasteiger partial charge in [0, 0.05) is 20.1 Å². The molecule has 19 heavy (non-hydrogen) atoms. The zero-order valence-electron chi connectivity index (χ0n) is 11.8. The second-order valence-corrected chi connectivity index (χ2v) is 5.39. The van der Waals surface area contributed by atoms with E-state index in [1.807, 2.05) is 18.0 Å². The van der Waals surface area contributed by atoms with Gasteiger partial charge in [-0.1, -0.05) is 30.3 Å². The smallest absolute Gasteiger partial charge is 0.226 e. The molecule has 0 bridgehead atoms. The highest BCUT2D eigenvalue weighted by Crippen LogP contribution is 2.13. The first-order chi connectivity index (χ1) is 9.27. The Bertz CT molecular complexity index is 385. The van der Waals surface area contributed by atoms with Crippen molar-refractivity contribution in [3.63, 3.8) is 0 Å². The zero-order chi connectivity index (χ0) is 13.5. The van der Waals surface area contributed by atoms with Gasteiger partial charge in [0.15, 0.2) is 0 Å². The van der Waals surface area contributed by atoms with E-state index in [-0.39, 0.29) is 5.92 Å². The van der Waals surface area contributed by atoms with Crippen molar-refractivity contribution < 1.29 is 4.79 Å². The molecule has 0 radical (unpaired) electrons. The van der Waals surface area contributed by atoms with Gasteiger partial charge in [0.1, 0.15) is 0 Å². The summed E-state index contributed by atoms with van der Waals surface area (Å²) in [5, 5.41) is 3.31. The molecule has 1 aromatic rings. The quantitative estimate of drug-likeness (QED) is 0.879. The molecule has 1 fully saturated rings. The zero-order valence-corrected chi connectivity index (χ0v) is 11.8. The number of nitrogens with zero attached hydrogens (tertiary/aromatic N) is 1. The molecule has 0 aromatic heterocycles. The van der Waals surface area contributed by atoms with Crippen LogP contribution in [0.5, 0.6) is 0 Å². The van der Waals surface area contributed by atoms with Crippen LogP contribution in [0.15, 0.2) is 30.3 Å². The minimum absolute atomic E-state index is 0.190. The van der Waals surface area contributed by atoms with Gasteiger partial charge in [-0.3, -0.25) is 4.79 Å². The van der Waals surface area contributed by atoms with Gasteiger partial charge in [-0.15, -0.1) is 0 Å². The third-order valence-corrected chi connectivity index (χ3v) is 3.82. The van der Waals surface area contributed by atoms with E-state index >= 15 is 0 Å². The van der Waals surface area contributed by atoms with Crippen molar-refractivity contribution >= 4 is 5.91 Å². The van der Waals surface area contributed by atoms with Crippen molar-refractivity contribution in [3.8, 4) is 0 Å². The van der Waals surface area contributed by atoms with E-state index in [4.69, 9.17) is 0 Å². The van der Waals surface area contributed by atoms with Crippen molar-refractivity contribution in [1.82, 2.24) is 10.2 Å². The third kappa shape index (κ3) is 4.35. The molecule has 1 N–H and O–H groups in total. The largest absolute Gasteiger partial charge is 0.345 e. The Morgan fingerprint density at radius 1 is 1.37 bits per heavy atom. The number of hydrogen-bond acceptors (Lipinski definition) is 2. The summed E-state index contributed by atoms with van der Waals surface area (Å²) in [4.78, 5) is 14.1. The summed E-state index contributed by atoms with van der Waals surface area (Å²) in [5.74, 6) is 0.496. The molecule has 0 spiro atoms. The van der Waals surface area contributed by atoms with Gasteiger partial charge < -0.3 is 10.2 Å². The van der Waals surface area contributed by atoms with Crippen LogP contribution in [0, 0.1) is 5.92 Å². The maximum Gasteiger partial charge on any atom is 0.226 e. The molecule has 1 aromatic carbocycles. The van der Waals surface area contributed by atoms with Crippen LogP contribution >= 0.6 is 0 Å². The lowest BCUT2D eigenvalue weighted by Crippen LogP contribution is -2.41. The first-order valence-electron chi connectivity index (χ1n) is 7.27. The maximum absolute atomic E-state index is 12.2. The molecule has 1 aliphatic heterocycles. The topological polar surface area (TPSA) is 32.3 Å². The Morgan fingerprint density at radius 3 is 2.84 bits per heavy atom. The van der Waals surface area contributed by atoms with Crippen LogP contribution in [0.4, 0.5) is 0 Å². The predicted octanol–water partition coefficient (Wildman–Crippen LogP) is 2.08. The molecule has 0 aliphatic carbocycles. The maximum atomic E-state index is 12.2. The van der Waals surface area contributed by atoms with E-state index in [1.54, 1.807) is 0 Å². The molecule has 3 heteroatoms. The number of benzene rings is 1. The molecular formula is C16H24N2O. The van der Waals surface area contributed by atoms with Crippen molar-refractivity contribution in [2.75, 3.05) is 26.7 Å². The van der Waals surface area contributed by atoms with Gasteiger partial charge in [0.2, 0.25) is 5.91 Å². The molecule has 0 saturated carbocycles. The number of aryl methyl sites for hydroxylation is 1. The number of carbonyl (C=O) groups excluding carboxylic acids is 1. The van der Waals surface area contributed by atoms with Crippen LogP contribution in [0.3, 0.4) is 0 Å². The Balaban J connectivity index is 1.71. The monoisotopic (exact) mass is 260 g/mol. The summed E-state index contributed by atoms with van der Waals surface area (Å²) >= 11 is 0. The third-order valence-electron chi connectivity index (χ3n) is 3.82. The second kappa shape index (κ2) is 7.29. The standard InChI is InChI=1S/C16H24N2O/c1-18(16(19)15-10-5-11-17-13-15)12-6-9-14-7-3-2-4-8-14/h2-4,7-8,15,17H,5-6,9-13H2,1H3. The van der Waals surface area contributed by atoms with E-state index in [1.165, 1.54) is 5.56 Å². The Morgan fingerprint density at radius 2 is 2.16 bits per heavy atom. The lowest BCUT2D eigenvalue weighted by Gasteiger charge is -2.27. The normalized spacial score (nSPS) is 19.1. The lowest BCUT2D eigenvalue weighted by molar-refractivity contribution is -0.134. The average Bonchev–Trinajstić information content (AvgIpc) is 2.48. The molecule has 3 nitrogen and oxygen atoms in total. The van der Waals surface area contributed by atoms with E-state index in [2.05, 4.69) is 29.6 Å². The second-order valence-electron chi connectivity index (χ2n) is 5.39. The molecule has 2 rings (SSSR count). The Hall–Kier alpha value is -1.35. The van der Waals surface area contributed by atoms with Crippen molar-refractivity contribution in [1.29, 1.82) is 0 Å². The van der Waals surface area contributed by atoms with Crippen molar-refractivity contribution in [2.45, 2.75) is 25.7 Å². The van der Waals surface area contributed by atoms with Gasteiger partial charge in [-0.05, 0) is 37.8 Å². The van der Waals surface area contributed by atoms with Crippen LogP contribution in [0.25, 0.3) is 0 Å². The number of hydrogen-bond donors (Lipinski definition) is 1. The van der Waals surface area contributed by atoms with Gasteiger partial charge >= 0.3 is 0 Å². The minimum Gasteiger partial charge on any atom is -0.345 e. The molecule has 1 saturated heterocycles. The van der Waals surface area contributed by atoms with Crippen LogP contribution < -0.4 is 5.32 Å². The number of rotatable bonds is 5. The predicted molar refractivity (Wildman–Crippen MR) is 78.0 cm³/mol. The van der Waals surface area contributed by atoms with Crippen molar-refractivity contribution in [3.05, 3.63) is 35.9 Å². The number of amides is 1. The summed E-state index contributed by atoms with van der Waals surface area (Å²) < 4.78 is 0. The molecular weight excluding hydrogens is 236 g/mol. The van der Waals surface area contributed by atoms with E-state index in [0.717, 1.165) is 45.3 Å². The highest BCUT2D eigenvalue weighted by molar-refractivity contribution is 5.78. The van der Waals surface area contributed by atoms with Crippen molar-refractivity contribution in [2.24, 2.45) is 5.92 Å². The van der Waals surface area contributed by atoms with E-state index < -0.39 is 0 Å². The minimum atomic E-state index is 0.190. The van der Waals surface area contributed by atoms with Crippen LogP contribution in [0.2, 0.25) is 0 Å². The van der Waals surface area contributed by atoms with Gasteiger partial charge in [0.05, 0.1) is 5.92 Å². The van der Waals surface area contributed by atoms with Gasteiger partial charge in [-0.2, -0.15) is 0 Å². The van der Waals surface area contributed by atoms with E-state index in [0.29, 0.717) is 5.91 Å². The van der Waals surface area contributed by atoms with Gasteiger partial charge in [-0.25, -0.2) is 0 Å². The highest BCUT2D eigenvalue weighted by Gasteiger charge is 2.23. The summed E-state index contributed by atoms with van der Waals surface area (Å²) in [5.41, 5.74) is 1.35. The lowest BCUT2D eigenvalue weighted by atomic mass is 9.98. The molecule has 1 atom stereocenters. The summed E-state index contributed by atoms with van der Waals surface area (Å²) in [6.45, 7) is 2.76. The first kappa shape index (κ1) is 14.1. The van der Waals surface area contributed by atoms with Crippen LogP contribution in [-0.4, -0.2) is 37.5 Å². The molecule has 1 unspecified atom stereocenters. The number of nitrogens with one attached hydrogen (secondary N) is 1.